The molecule has 0 bridgehead atoms. The molecule has 1 heterocycles. The number of nitrogens with zero attached hydrogens (tertiary/aromatic N) is 2. The van der Waals surface area contributed by atoms with E-state index in [9.17, 15) is 4.79 Å². The molecule has 88 valence electrons. The van der Waals surface area contributed by atoms with E-state index < -0.39 is 0 Å². The maximum atomic E-state index is 11.9. The number of benzene rings is 1. The minimum atomic E-state index is -0.348. The fourth-order valence-corrected chi connectivity index (χ4v) is 1.76. The van der Waals surface area contributed by atoms with Gasteiger partial charge in [-0.3, -0.25) is 4.79 Å². The van der Waals surface area contributed by atoms with Gasteiger partial charge in [0.25, 0.3) is 5.91 Å². The number of carbonyl (C=O) groups is 1. The molecule has 0 fully saturated rings. The number of aromatic nitrogens is 1. The SMILES string of the molecule is N#Cc1cccc(C(=O)Nc2ccccc2Br)n1. The van der Waals surface area contributed by atoms with Gasteiger partial charge in [-0.25, -0.2) is 4.98 Å². The molecule has 0 radical (unpaired) electrons. The molecule has 0 aliphatic heterocycles. The van der Waals surface area contributed by atoms with Crippen LogP contribution in [0.4, 0.5) is 5.69 Å². The number of amides is 1. The largest absolute Gasteiger partial charge is 0.320 e. The lowest BCUT2D eigenvalue weighted by Gasteiger charge is -2.06. The summed E-state index contributed by atoms with van der Waals surface area (Å²) < 4.78 is 0.787. The van der Waals surface area contributed by atoms with E-state index in [0.717, 1.165) is 4.47 Å². The predicted octanol–water partition coefficient (Wildman–Crippen LogP) is 2.97. The van der Waals surface area contributed by atoms with E-state index in [2.05, 4.69) is 26.2 Å². The second-order valence-electron chi connectivity index (χ2n) is 3.45. The molecule has 0 unspecified atom stereocenters. The summed E-state index contributed by atoms with van der Waals surface area (Å²) in [7, 11) is 0. The van der Waals surface area contributed by atoms with Crippen molar-refractivity contribution in [1.82, 2.24) is 4.98 Å². The lowest BCUT2D eigenvalue weighted by atomic mass is 10.2. The Morgan fingerprint density at radius 2 is 2.00 bits per heavy atom. The van der Waals surface area contributed by atoms with Gasteiger partial charge in [0.1, 0.15) is 17.5 Å². The third kappa shape index (κ3) is 2.73. The van der Waals surface area contributed by atoms with Crippen molar-refractivity contribution in [3.63, 3.8) is 0 Å². The van der Waals surface area contributed by atoms with Crippen LogP contribution >= 0.6 is 15.9 Å². The second kappa shape index (κ2) is 5.43. The summed E-state index contributed by atoms with van der Waals surface area (Å²) in [6, 6.07) is 13.9. The number of rotatable bonds is 2. The van der Waals surface area contributed by atoms with Crippen LogP contribution in [0.1, 0.15) is 16.2 Å². The Morgan fingerprint density at radius 3 is 2.72 bits per heavy atom. The van der Waals surface area contributed by atoms with Crippen molar-refractivity contribution in [3.05, 3.63) is 58.3 Å². The minimum Gasteiger partial charge on any atom is -0.320 e. The number of halogens is 1. The van der Waals surface area contributed by atoms with Gasteiger partial charge in [-0.2, -0.15) is 5.26 Å². The highest BCUT2D eigenvalue weighted by atomic mass is 79.9. The number of nitrogens with one attached hydrogen (secondary N) is 1. The Balaban J connectivity index is 2.23. The molecule has 0 atom stereocenters. The number of anilines is 1. The van der Waals surface area contributed by atoms with Crippen LogP contribution in [-0.2, 0) is 0 Å². The first-order valence-corrected chi connectivity index (χ1v) is 5.93. The molecule has 0 aliphatic rings. The summed E-state index contributed by atoms with van der Waals surface area (Å²) in [4.78, 5) is 15.9. The Hall–Kier alpha value is -2.19. The molecule has 1 aromatic carbocycles. The molecule has 0 aliphatic carbocycles. The van der Waals surface area contributed by atoms with Crippen molar-refractivity contribution in [1.29, 1.82) is 5.26 Å². The van der Waals surface area contributed by atoms with E-state index in [1.54, 1.807) is 24.3 Å². The molecule has 0 saturated heterocycles. The summed E-state index contributed by atoms with van der Waals surface area (Å²) in [6.07, 6.45) is 0. The first kappa shape index (κ1) is 12.3. The monoisotopic (exact) mass is 301 g/mol. The molecule has 1 amide bonds. The van der Waals surface area contributed by atoms with Gasteiger partial charge in [-0.05, 0) is 40.2 Å². The summed E-state index contributed by atoms with van der Waals surface area (Å²) in [5.41, 5.74) is 1.09. The summed E-state index contributed by atoms with van der Waals surface area (Å²) in [5.74, 6) is -0.348. The molecule has 1 N–H and O–H groups in total. The molecule has 0 spiro atoms. The second-order valence-corrected chi connectivity index (χ2v) is 4.31. The van der Waals surface area contributed by atoms with Crippen molar-refractivity contribution < 1.29 is 4.79 Å². The van der Waals surface area contributed by atoms with Gasteiger partial charge >= 0.3 is 0 Å². The van der Waals surface area contributed by atoms with Crippen molar-refractivity contribution >= 4 is 27.5 Å². The van der Waals surface area contributed by atoms with E-state index in [4.69, 9.17) is 5.26 Å². The van der Waals surface area contributed by atoms with Gasteiger partial charge in [-0.1, -0.05) is 18.2 Å². The molecular weight excluding hydrogens is 294 g/mol. The highest BCUT2D eigenvalue weighted by Crippen LogP contribution is 2.21. The van der Waals surface area contributed by atoms with Gasteiger partial charge in [-0.15, -0.1) is 0 Å². The zero-order valence-electron chi connectivity index (χ0n) is 9.22. The van der Waals surface area contributed by atoms with Crippen LogP contribution in [0.3, 0.4) is 0 Å². The Labute approximate surface area is 112 Å². The fraction of sp³-hybridized carbons (Fsp3) is 0. The van der Waals surface area contributed by atoms with Crippen LogP contribution in [-0.4, -0.2) is 10.9 Å². The summed E-state index contributed by atoms with van der Waals surface area (Å²) in [6.45, 7) is 0. The molecule has 1 aromatic heterocycles. The first-order valence-electron chi connectivity index (χ1n) is 5.14. The summed E-state index contributed by atoms with van der Waals surface area (Å²) in [5, 5.41) is 11.4. The molecular formula is C13H8BrN3O. The zero-order chi connectivity index (χ0) is 13.0. The predicted molar refractivity (Wildman–Crippen MR) is 71.0 cm³/mol. The van der Waals surface area contributed by atoms with Crippen LogP contribution < -0.4 is 5.32 Å². The van der Waals surface area contributed by atoms with Crippen LogP contribution in [0.2, 0.25) is 0 Å². The molecule has 4 nitrogen and oxygen atoms in total. The summed E-state index contributed by atoms with van der Waals surface area (Å²) >= 11 is 3.34. The molecule has 18 heavy (non-hydrogen) atoms. The zero-order valence-corrected chi connectivity index (χ0v) is 10.8. The van der Waals surface area contributed by atoms with Gasteiger partial charge in [0, 0.05) is 4.47 Å². The number of hydrogen-bond acceptors (Lipinski definition) is 3. The van der Waals surface area contributed by atoms with E-state index in [0.29, 0.717) is 5.69 Å². The van der Waals surface area contributed by atoms with Crippen LogP contribution in [0.5, 0.6) is 0 Å². The van der Waals surface area contributed by atoms with E-state index in [-0.39, 0.29) is 17.3 Å². The third-order valence-electron chi connectivity index (χ3n) is 2.22. The molecule has 0 saturated carbocycles. The Kier molecular flexibility index (Phi) is 3.70. The van der Waals surface area contributed by atoms with Gasteiger partial charge < -0.3 is 5.32 Å². The minimum absolute atomic E-state index is 0.213. The topological polar surface area (TPSA) is 65.8 Å². The molecule has 2 aromatic rings. The fourth-order valence-electron chi connectivity index (χ4n) is 1.37. The highest BCUT2D eigenvalue weighted by Gasteiger charge is 2.09. The van der Waals surface area contributed by atoms with E-state index >= 15 is 0 Å². The number of nitriles is 1. The maximum absolute atomic E-state index is 11.9. The number of hydrogen-bond donors (Lipinski definition) is 1. The quantitative estimate of drug-likeness (QED) is 0.927. The average Bonchev–Trinajstić information content (AvgIpc) is 2.41. The number of pyridine rings is 1. The van der Waals surface area contributed by atoms with Crippen molar-refractivity contribution in [2.75, 3.05) is 5.32 Å². The third-order valence-corrected chi connectivity index (χ3v) is 2.91. The van der Waals surface area contributed by atoms with Crippen molar-refractivity contribution in [3.8, 4) is 6.07 Å². The maximum Gasteiger partial charge on any atom is 0.274 e. The van der Waals surface area contributed by atoms with Crippen LogP contribution in [0, 0.1) is 11.3 Å². The lowest BCUT2D eigenvalue weighted by molar-refractivity contribution is 0.102. The van der Waals surface area contributed by atoms with E-state index in [1.807, 2.05) is 24.3 Å². The number of para-hydroxylation sites is 1. The van der Waals surface area contributed by atoms with Gasteiger partial charge in [0.2, 0.25) is 0 Å². The average molecular weight is 302 g/mol. The smallest absolute Gasteiger partial charge is 0.274 e. The van der Waals surface area contributed by atoms with E-state index in [1.165, 1.54) is 0 Å². The molecule has 5 heteroatoms. The first-order chi connectivity index (χ1) is 8.70. The van der Waals surface area contributed by atoms with Crippen LogP contribution in [0.25, 0.3) is 0 Å². The van der Waals surface area contributed by atoms with Gasteiger partial charge in [0.15, 0.2) is 0 Å². The van der Waals surface area contributed by atoms with Crippen molar-refractivity contribution in [2.45, 2.75) is 0 Å². The molecule has 2 rings (SSSR count). The van der Waals surface area contributed by atoms with Gasteiger partial charge in [0.05, 0.1) is 5.69 Å². The normalized spacial score (nSPS) is 9.56. The highest BCUT2D eigenvalue weighted by molar-refractivity contribution is 9.10. The Morgan fingerprint density at radius 1 is 1.22 bits per heavy atom. The van der Waals surface area contributed by atoms with Crippen molar-refractivity contribution in [2.24, 2.45) is 0 Å². The lowest BCUT2D eigenvalue weighted by Crippen LogP contribution is -2.14. The standard InChI is InChI=1S/C13H8BrN3O/c14-10-5-1-2-6-11(10)17-13(18)12-7-3-4-9(8-15)16-12/h1-7H,(H,17,18). The Bertz CT molecular complexity index is 634. The number of carbonyl (C=O) groups excluding carboxylic acids is 1. The van der Waals surface area contributed by atoms with Crippen LogP contribution in [0.15, 0.2) is 46.9 Å².